The first-order valence-electron chi connectivity index (χ1n) is 11.2. The quantitative estimate of drug-likeness (QED) is 0.121. The molecule has 3 N–H and O–H groups in total. The van der Waals surface area contributed by atoms with E-state index in [0.29, 0.717) is 26.0 Å². The van der Waals surface area contributed by atoms with E-state index in [2.05, 4.69) is 22.0 Å². The van der Waals surface area contributed by atoms with Crippen molar-refractivity contribution >= 4 is 47.5 Å². The van der Waals surface area contributed by atoms with Gasteiger partial charge >= 0.3 is 5.97 Å². The number of amides is 1. The van der Waals surface area contributed by atoms with Crippen molar-refractivity contribution in [3.63, 3.8) is 0 Å². The summed E-state index contributed by atoms with van der Waals surface area (Å²) < 4.78 is 4.94. The number of ether oxygens (including phenoxy) is 1. The van der Waals surface area contributed by atoms with E-state index in [1.165, 1.54) is 0 Å². The number of nitrogens with zero attached hydrogens (tertiary/aromatic N) is 1. The van der Waals surface area contributed by atoms with E-state index >= 15 is 0 Å². The predicted octanol–water partition coefficient (Wildman–Crippen LogP) is 4.19. The van der Waals surface area contributed by atoms with Crippen molar-refractivity contribution in [1.82, 2.24) is 10.6 Å². The SMILES string of the molecule is CCNC(=NCC1CC(=O)Nc2ccccc21)NCCCCCCCC(=O)OCC.I. The smallest absolute Gasteiger partial charge is 0.305 e. The molecule has 1 atom stereocenters. The van der Waals surface area contributed by atoms with Gasteiger partial charge in [0.1, 0.15) is 0 Å². The first-order valence-corrected chi connectivity index (χ1v) is 11.2. The average molecular weight is 544 g/mol. The molecule has 0 fully saturated rings. The van der Waals surface area contributed by atoms with Crippen LogP contribution in [0.25, 0.3) is 0 Å². The summed E-state index contributed by atoms with van der Waals surface area (Å²) in [6.07, 6.45) is 6.22. The second-order valence-electron chi connectivity index (χ2n) is 7.51. The van der Waals surface area contributed by atoms with Gasteiger partial charge in [0.25, 0.3) is 0 Å². The van der Waals surface area contributed by atoms with Crippen molar-refractivity contribution in [1.29, 1.82) is 0 Å². The molecule has 1 amide bonds. The highest BCUT2D eigenvalue weighted by Crippen LogP contribution is 2.31. The van der Waals surface area contributed by atoms with Gasteiger partial charge in [0, 0.05) is 37.5 Å². The summed E-state index contributed by atoms with van der Waals surface area (Å²) in [5.74, 6) is 0.853. The summed E-state index contributed by atoms with van der Waals surface area (Å²) in [6.45, 7) is 6.56. The van der Waals surface area contributed by atoms with Gasteiger partial charge in [-0.1, -0.05) is 37.5 Å². The molecule has 7 nitrogen and oxygen atoms in total. The van der Waals surface area contributed by atoms with Crippen LogP contribution < -0.4 is 16.0 Å². The van der Waals surface area contributed by atoms with Crippen LogP contribution in [0.15, 0.2) is 29.3 Å². The summed E-state index contributed by atoms with van der Waals surface area (Å²) in [6, 6.07) is 7.95. The largest absolute Gasteiger partial charge is 0.466 e. The normalized spacial score (nSPS) is 15.4. The third-order valence-corrected chi connectivity index (χ3v) is 5.08. The highest BCUT2D eigenvalue weighted by molar-refractivity contribution is 14.0. The predicted molar refractivity (Wildman–Crippen MR) is 136 cm³/mol. The van der Waals surface area contributed by atoms with Crippen molar-refractivity contribution in [2.45, 2.75) is 64.7 Å². The summed E-state index contributed by atoms with van der Waals surface area (Å²) in [5, 5.41) is 9.60. The number of hydrogen-bond donors (Lipinski definition) is 3. The number of anilines is 1. The third kappa shape index (κ3) is 10.3. The molecular formula is C23H37IN4O3. The first kappa shape index (κ1) is 27.2. The van der Waals surface area contributed by atoms with Gasteiger partial charge in [-0.3, -0.25) is 14.6 Å². The van der Waals surface area contributed by atoms with E-state index < -0.39 is 0 Å². The van der Waals surface area contributed by atoms with Crippen LogP contribution in [-0.4, -0.2) is 44.1 Å². The number of halogens is 1. The summed E-state index contributed by atoms with van der Waals surface area (Å²) in [7, 11) is 0. The highest BCUT2D eigenvalue weighted by Gasteiger charge is 2.24. The monoisotopic (exact) mass is 544 g/mol. The number of carbonyl (C=O) groups excluding carboxylic acids is 2. The third-order valence-electron chi connectivity index (χ3n) is 5.08. The Balaban J connectivity index is 0.00000480. The number of carbonyl (C=O) groups is 2. The molecule has 0 spiro atoms. The lowest BCUT2D eigenvalue weighted by molar-refractivity contribution is -0.143. The first-order chi connectivity index (χ1) is 14.6. The van der Waals surface area contributed by atoms with Crippen LogP contribution in [0.5, 0.6) is 0 Å². The number of fused-ring (bicyclic) bond motifs is 1. The number of guanidine groups is 1. The molecule has 0 saturated carbocycles. The average Bonchev–Trinajstić information content (AvgIpc) is 2.73. The molecule has 0 saturated heterocycles. The maximum absolute atomic E-state index is 12.0. The minimum absolute atomic E-state index is 0. The minimum atomic E-state index is -0.0938. The number of unbranched alkanes of at least 4 members (excludes halogenated alkanes) is 4. The molecule has 1 aliphatic rings. The molecule has 31 heavy (non-hydrogen) atoms. The zero-order chi connectivity index (χ0) is 21.6. The summed E-state index contributed by atoms with van der Waals surface area (Å²) in [4.78, 5) is 28.0. The minimum Gasteiger partial charge on any atom is -0.466 e. The molecule has 1 aliphatic heterocycles. The fraction of sp³-hybridized carbons (Fsp3) is 0.609. The Morgan fingerprint density at radius 3 is 2.65 bits per heavy atom. The van der Waals surface area contributed by atoms with Crippen molar-refractivity contribution in [3.8, 4) is 0 Å². The lowest BCUT2D eigenvalue weighted by Crippen LogP contribution is -2.38. The van der Waals surface area contributed by atoms with Crippen molar-refractivity contribution in [2.24, 2.45) is 4.99 Å². The molecule has 0 bridgehead atoms. The number of nitrogens with one attached hydrogen (secondary N) is 3. The number of benzene rings is 1. The zero-order valence-corrected chi connectivity index (χ0v) is 21.1. The fourth-order valence-corrected chi connectivity index (χ4v) is 3.57. The Kier molecular flexibility index (Phi) is 13.9. The van der Waals surface area contributed by atoms with Gasteiger partial charge in [-0.15, -0.1) is 24.0 Å². The van der Waals surface area contributed by atoms with Crippen LogP contribution in [0.2, 0.25) is 0 Å². The fourth-order valence-electron chi connectivity index (χ4n) is 3.57. The second-order valence-corrected chi connectivity index (χ2v) is 7.51. The van der Waals surface area contributed by atoms with E-state index in [9.17, 15) is 9.59 Å². The van der Waals surface area contributed by atoms with Crippen molar-refractivity contribution < 1.29 is 14.3 Å². The van der Waals surface area contributed by atoms with Crippen LogP contribution in [0, 0.1) is 0 Å². The molecule has 0 aromatic heterocycles. The van der Waals surface area contributed by atoms with Gasteiger partial charge in [-0.2, -0.15) is 0 Å². The lowest BCUT2D eigenvalue weighted by atomic mass is 9.91. The summed E-state index contributed by atoms with van der Waals surface area (Å²) >= 11 is 0. The molecule has 0 aliphatic carbocycles. The molecule has 8 heteroatoms. The maximum Gasteiger partial charge on any atom is 0.305 e. The van der Waals surface area contributed by atoms with Crippen molar-refractivity contribution in [3.05, 3.63) is 29.8 Å². The van der Waals surface area contributed by atoms with Crippen molar-refractivity contribution in [2.75, 3.05) is 31.6 Å². The summed E-state index contributed by atoms with van der Waals surface area (Å²) in [5.41, 5.74) is 2.05. The molecule has 0 radical (unpaired) electrons. The highest BCUT2D eigenvalue weighted by atomic mass is 127. The zero-order valence-electron chi connectivity index (χ0n) is 18.7. The Labute approximate surface area is 203 Å². The Bertz CT molecular complexity index is 712. The van der Waals surface area contributed by atoms with Gasteiger partial charge < -0.3 is 20.7 Å². The van der Waals surface area contributed by atoms with E-state index in [4.69, 9.17) is 9.73 Å². The number of esters is 1. The van der Waals surface area contributed by atoms with Gasteiger partial charge in [-0.25, -0.2) is 0 Å². The van der Waals surface area contributed by atoms with Gasteiger partial charge in [0.15, 0.2) is 5.96 Å². The van der Waals surface area contributed by atoms with E-state index in [1.54, 1.807) is 0 Å². The standard InChI is InChI=1S/C23H36N4O3.HI/c1-3-24-23(25-15-11-7-5-6-8-14-22(29)30-4-2)26-17-18-16-21(28)27-20-13-10-9-12-19(18)20;/h9-10,12-13,18H,3-8,11,14-17H2,1-2H3,(H,27,28)(H2,24,25,26);1H. The molecule has 1 heterocycles. The number of aliphatic imine (C=N–C) groups is 1. The molecule has 2 rings (SSSR count). The number of para-hydroxylation sites is 1. The molecule has 174 valence electrons. The number of hydrogen-bond acceptors (Lipinski definition) is 4. The van der Waals surface area contributed by atoms with Crippen LogP contribution in [0.3, 0.4) is 0 Å². The lowest BCUT2D eigenvalue weighted by Gasteiger charge is -2.24. The Morgan fingerprint density at radius 2 is 1.87 bits per heavy atom. The van der Waals surface area contributed by atoms with E-state index in [-0.39, 0.29) is 41.8 Å². The van der Waals surface area contributed by atoms with Gasteiger partial charge in [0.05, 0.1) is 13.2 Å². The van der Waals surface area contributed by atoms with Crippen LogP contribution >= 0.6 is 24.0 Å². The Morgan fingerprint density at radius 1 is 1.13 bits per heavy atom. The van der Waals surface area contributed by atoms with Crippen LogP contribution in [-0.2, 0) is 14.3 Å². The molecular weight excluding hydrogens is 507 g/mol. The van der Waals surface area contributed by atoms with Crippen LogP contribution in [0.4, 0.5) is 5.69 Å². The van der Waals surface area contributed by atoms with Gasteiger partial charge in [-0.05, 0) is 38.3 Å². The molecule has 1 aromatic rings. The van der Waals surface area contributed by atoms with Crippen LogP contribution in [0.1, 0.15) is 70.3 Å². The molecule has 1 unspecified atom stereocenters. The second kappa shape index (κ2) is 15.9. The topological polar surface area (TPSA) is 91.8 Å². The maximum atomic E-state index is 12.0. The van der Waals surface area contributed by atoms with E-state index in [1.807, 2.05) is 32.0 Å². The van der Waals surface area contributed by atoms with Gasteiger partial charge in [0.2, 0.25) is 5.91 Å². The number of rotatable bonds is 12. The molecule has 1 aromatic carbocycles. The van der Waals surface area contributed by atoms with E-state index in [0.717, 1.165) is 62.4 Å². The Hall–Kier alpha value is -1.84.